The van der Waals surface area contributed by atoms with E-state index in [2.05, 4.69) is 10.4 Å². The van der Waals surface area contributed by atoms with Crippen molar-refractivity contribution >= 4 is 11.6 Å². The van der Waals surface area contributed by atoms with Gasteiger partial charge in [0.05, 0.1) is 19.3 Å². The first-order valence-corrected chi connectivity index (χ1v) is 6.25. The highest BCUT2D eigenvalue weighted by Gasteiger charge is 2.17. The highest BCUT2D eigenvalue weighted by atomic mass is 35.5. The summed E-state index contributed by atoms with van der Waals surface area (Å²) in [6, 6.07) is 7.54. The molecular formula is C14H16ClN3O. The maximum atomic E-state index is 6.16. The van der Waals surface area contributed by atoms with Crippen LogP contribution < -0.4 is 16.0 Å². The summed E-state index contributed by atoms with van der Waals surface area (Å²) in [6.07, 6.45) is 3.37. The lowest BCUT2D eigenvalue weighted by atomic mass is 9.98. The molecule has 5 heteroatoms. The van der Waals surface area contributed by atoms with Gasteiger partial charge in [-0.25, -0.2) is 5.43 Å². The fourth-order valence-corrected chi connectivity index (χ4v) is 2.14. The van der Waals surface area contributed by atoms with Gasteiger partial charge in [-0.05, 0) is 30.2 Å². The molecule has 3 N–H and O–H groups in total. The maximum absolute atomic E-state index is 6.16. The number of halogens is 1. The van der Waals surface area contributed by atoms with Crippen molar-refractivity contribution in [2.24, 2.45) is 5.84 Å². The Balaban J connectivity index is 2.46. The molecule has 0 saturated heterocycles. The average molecular weight is 278 g/mol. The van der Waals surface area contributed by atoms with Gasteiger partial charge in [0, 0.05) is 16.8 Å². The van der Waals surface area contributed by atoms with Crippen LogP contribution in [0.4, 0.5) is 0 Å². The Kier molecular flexibility index (Phi) is 4.37. The number of aromatic nitrogens is 1. The zero-order chi connectivity index (χ0) is 13.8. The molecule has 1 unspecified atom stereocenters. The van der Waals surface area contributed by atoms with Crippen LogP contribution >= 0.6 is 11.6 Å². The first kappa shape index (κ1) is 13.8. The van der Waals surface area contributed by atoms with Crippen LogP contribution in [0.3, 0.4) is 0 Å². The molecule has 0 fully saturated rings. The quantitative estimate of drug-likeness (QED) is 0.666. The van der Waals surface area contributed by atoms with Gasteiger partial charge in [0.1, 0.15) is 5.75 Å². The van der Waals surface area contributed by atoms with Crippen LogP contribution in [0.25, 0.3) is 0 Å². The number of nitrogens with one attached hydrogen (secondary N) is 1. The molecule has 0 aliphatic carbocycles. The number of rotatable bonds is 4. The average Bonchev–Trinajstić information content (AvgIpc) is 2.44. The Morgan fingerprint density at radius 2 is 2.16 bits per heavy atom. The number of pyridine rings is 1. The summed E-state index contributed by atoms with van der Waals surface area (Å²) < 4.78 is 5.31. The van der Waals surface area contributed by atoms with Gasteiger partial charge < -0.3 is 4.74 Å². The molecule has 4 nitrogen and oxygen atoms in total. The highest BCUT2D eigenvalue weighted by Crippen LogP contribution is 2.30. The molecule has 2 aromatic rings. The molecule has 1 aromatic carbocycles. The Labute approximate surface area is 117 Å². The predicted octanol–water partition coefficient (Wildman–Crippen LogP) is 2.60. The van der Waals surface area contributed by atoms with E-state index in [0.717, 1.165) is 16.7 Å². The lowest BCUT2D eigenvalue weighted by Gasteiger charge is -2.19. The number of nitrogens with two attached hydrogens (primary N) is 1. The number of hydrazine groups is 1. The van der Waals surface area contributed by atoms with Gasteiger partial charge in [0.2, 0.25) is 0 Å². The second kappa shape index (κ2) is 6.02. The normalized spacial score (nSPS) is 12.2. The van der Waals surface area contributed by atoms with Crippen LogP contribution in [0.15, 0.2) is 36.7 Å². The van der Waals surface area contributed by atoms with E-state index >= 15 is 0 Å². The minimum atomic E-state index is -0.198. The third-order valence-corrected chi connectivity index (χ3v) is 3.45. The third-order valence-electron chi connectivity index (χ3n) is 3.04. The van der Waals surface area contributed by atoms with Crippen molar-refractivity contribution in [3.63, 3.8) is 0 Å². The minimum absolute atomic E-state index is 0.198. The third kappa shape index (κ3) is 2.87. The van der Waals surface area contributed by atoms with Crippen LogP contribution in [0, 0.1) is 6.92 Å². The molecular weight excluding hydrogens is 262 g/mol. The zero-order valence-electron chi connectivity index (χ0n) is 10.9. The predicted molar refractivity (Wildman–Crippen MR) is 76.1 cm³/mol. The number of methoxy groups -OCH3 is 1. The standard InChI is InChI=1S/C14H16ClN3O/c1-9-3-4-10(7-12(9)15)14(18-16)11-5-6-17-8-13(11)19-2/h3-8,14,18H,16H2,1-2H3. The molecule has 0 amide bonds. The van der Waals surface area contributed by atoms with Crippen molar-refractivity contribution < 1.29 is 4.74 Å². The summed E-state index contributed by atoms with van der Waals surface area (Å²) in [7, 11) is 1.61. The Hall–Kier alpha value is -1.62. The van der Waals surface area contributed by atoms with E-state index in [-0.39, 0.29) is 6.04 Å². The topological polar surface area (TPSA) is 60.2 Å². The fraction of sp³-hybridized carbons (Fsp3) is 0.214. The summed E-state index contributed by atoms with van der Waals surface area (Å²) >= 11 is 6.16. The van der Waals surface area contributed by atoms with Crippen molar-refractivity contribution in [3.8, 4) is 5.75 Å². The second-order valence-corrected chi connectivity index (χ2v) is 4.63. The Morgan fingerprint density at radius 3 is 2.79 bits per heavy atom. The Bertz CT molecular complexity index is 574. The number of hydrogen-bond donors (Lipinski definition) is 2. The number of nitrogens with zero attached hydrogens (tertiary/aromatic N) is 1. The molecule has 0 aliphatic rings. The van der Waals surface area contributed by atoms with E-state index in [9.17, 15) is 0 Å². The van der Waals surface area contributed by atoms with Crippen LogP contribution in [-0.2, 0) is 0 Å². The fourth-order valence-electron chi connectivity index (χ4n) is 1.95. The van der Waals surface area contributed by atoms with Crippen molar-refractivity contribution in [3.05, 3.63) is 58.4 Å². The van der Waals surface area contributed by atoms with Crippen molar-refractivity contribution in [1.82, 2.24) is 10.4 Å². The van der Waals surface area contributed by atoms with Crippen molar-refractivity contribution in [2.45, 2.75) is 13.0 Å². The molecule has 1 aromatic heterocycles. The van der Waals surface area contributed by atoms with Crippen LogP contribution in [0.1, 0.15) is 22.7 Å². The largest absolute Gasteiger partial charge is 0.495 e. The molecule has 0 bridgehead atoms. The van der Waals surface area contributed by atoms with E-state index in [0.29, 0.717) is 10.8 Å². The number of aryl methyl sites for hydroxylation is 1. The smallest absolute Gasteiger partial charge is 0.142 e. The molecule has 2 rings (SSSR count). The SMILES string of the molecule is COc1cnccc1C(NN)c1ccc(C)c(Cl)c1. The summed E-state index contributed by atoms with van der Waals surface area (Å²) in [5.41, 5.74) is 5.71. The summed E-state index contributed by atoms with van der Waals surface area (Å²) in [6.45, 7) is 1.96. The van der Waals surface area contributed by atoms with Gasteiger partial charge in [-0.3, -0.25) is 10.8 Å². The van der Waals surface area contributed by atoms with Crippen molar-refractivity contribution in [2.75, 3.05) is 7.11 Å². The lowest BCUT2D eigenvalue weighted by Crippen LogP contribution is -2.29. The number of ether oxygens (including phenoxy) is 1. The first-order chi connectivity index (χ1) is 9.17. The molecule has 0 radical (unpaired) electrons. The first-order valence-electron chi connectivity index (χ1n) is 5.87. The second-order valence-electron chi connectivity index (χ2n) is 4.23. The van der Waals surface area contributed by atoms with Gasteiger partial charge >= 0.3 is 0 Å². The van der Waals surface area contributed by atoms with Crippen molar-refractivity contribution in [1.29, 1.82) is 0 Å². The van der Waals surface area contributed by atoms with Gasteiger partial charge in [0.25, 0.3) is 0 Å². The molecule has 1 atom stereocenters. The number of hydrogen-bond acceptors (Lipinski definition) is 4. The van der Waals surface area contributed by atoms with Gasteiger partial charge in [-0.1, -0.05) is 23.7 Å². The monoisotopic (exact) mass is 277 g/mol. The zero-order valence-corrected chi connectivity index (χ0v) is 11.6. The molecule has 1 heterocycles. The van der Waals surface area contributed by atoms with E-state index in [4.69, 9.17) is 22.2 Å². The molecule has 0 spiro atoms. The van der Waals surface area contributed by atoms with Crippen LogP contribution in [-0.4, -0.2) is 12.1 Å². The van der Waals surface area contributed by atoms with E-state index in [1.54, 1.807) is 19.5 Å². The minimum Gasteiger partial charge on any atom is -0.495 e. The maximum Gasteiger partial charge on any atom is 0.142 e. The lowest BCUT2D eigenvalue weighted by molar-refractivity contribution is 0.402. The van der Waals surface area contributed by atoms with E-state index in [1.807, 2.05) is 31.2 Å². The summed E-state index contributed by atoms with van der Waals surface area (Å²) in [5, 5.41) is 0.714. The van der Waals surface area contributed by atoms with E-state index in [1.165, 1.54) is 0 Å². The molecule has 0 aliphatic heterocycles. The van der Waals surface area contributed by atoms with E-state index < -0.39 is 0 Å². The summed E-state index contributed by atoms with van der Waals surface area (Å²) in [5.74, 6) is 6.36. The molecule has 19 heavy (non-hydrogen) atoms. The van der Waals surface area contributed by atoms with Gasteiger partial charge in [-0.15, -0.1) is 0 Å². The Morgan fingerprint density at radius 1 is 1.37 bits per heavy atom. The van der Waals surface area contributed by atoms with Gasteiger partial charge in [-0.2, -0.15) is 0 Å². The molecule has 0 saturated carbocycles. The van der Waals surface area contributed by atoms with Crippen LogP contribution in [0.2, 0.25) is 5.02 Å². The van der Waals surface area contributed by atoms with Crippen LogP contribution in [0.5, 0.6) is 5.75 Å². The molecule has 100 valence electrons. The highest BCUT2D eigenvalue weighted by molar-refractivity contribution is 6.31. The van der Waals surface area contributed by atoms with Gasteiger partial charge in [0.15, 0.2) is 0 Å². The summed E-state index contributed by atoms with van der Waals surface area (Å²) in [4.78, 5) is 4.04. The number of benzene rings is 1.